The van der Waals surface area contributed by atoms with E-state index in [0.717, 1.165) is 58.7 Å². The lowest BCUT2D eigenvalue weighted by Gasteiger charge is -2.30. The number of aliphatic carboxylic acids is 1. The molecule has 3 atom stereocenters. The lowest BCUT2D eigenvalue weighted by Crippen LogP contribution is -2.45. The minimum atomic E-state index is -0.817. The van der Waals surface area contributed by atoms with Gasteiger partial charge in [-0.2, -0.15) is 0 Å². The highest BCUT2D eigenvalue weighted by Crippen LogP contribution is 2.41. The minimum Gasteiger partial charge on any atom is -0.493 e. The van der Waals surface area contributed by atoms with E-state index >= 15 is 0 Å². The SMILES string of the molecule is CCCCN(C(=O)CN1C[C@H](c2ccc3c(c2)CCO3)C(C(=O)O)[C@@H]1CCc1nccn1C)c1cccc(C[N+](C)(C)C)c1. The maximum absolute atomic E-state index is 14.2. The second kappa shape index (κ2) is 13.5. The number of nitrogens with zero attached hydrogens (tertiary/aromatic N) is 5. The number of anilines is 1. The molecule has 1 amide bonds. The summed E-state index contributed by atoms with van der Waals surface area (Å²) in [6.07, 6.45) is 7.63. The molecule has 0 aliphatic carbocycles. The van der Waals surface area contributed by atoms with Gasteiger partial charge < -0.3 is 23.8 Å². The van der Waals surface area contributed by atoms with Crippen LogP contribution in [0.4, 0.5) is 5.69 Å². The number of carboxylic acid groups (broad SMARTS) is 1. The Labute approximate surface area is 261 Å². The number of carboxylic acids is 1. The van der Waals surface area contributed by atoms with E-state index < -0.39 is 11.9 Å². The Hall–Kier alpha value is -3.69. The molecule has 0 saturated carbocycles. The van der Waals surface area contributed by atoms with Crippen molar-refractivity contribution in [3.8, 4) is 5.75 Å². The van der Waals surface area contributed by atoms with Crippen LogP contribution in [-0.4, -0.2) is 89.3 Å². The van der Waals surface area contributed by atoms with Gasteiger partial charge >= 0.3 is 5.97 Å². The van der Waals surface area contributed by atoms with E-state index in [1.165, 1.54) is 5.56 Å². The third-order valence-corrected chi connectivity index (χ3v) is 9.01. The molecule has 3 heterocycles. The van der Waals surface area contributed by atoms with Crippen LogP contribution in [0, 0.1) is 5.92 Å². The lowest BCUT2D eigenvalue weighted by molar-refractivity contribution is -0.884. The fourth-order valence-electron chi connectivity index (χ4n) is 6.89. The molecule has 2 aliphatic heterocycles. The van der Waals surface area contributed by atoms with Crippen LogP contribution in [0.15, 0.2) is 54.9 Å². The summed E-state index contributed by atoms with van der Waals surface area (Å²) in [6, 6.07) is 14.1. The first-order chi connectivity index (χ1) is 21.0. The van der Waals surface area contributed by atoms with Crippen molar-refractivity contribution in [2.75, 3.05) is 52.3 Å². The summed E-state index contributed by atoms with van der Waals surface area (Å²) < 4.78 is 8.50. The number of hydrogen-bond donors (Lipinski definition) is 1. The Morgan fingerprint density at radius 3 is 2.68 bits per heavy atom. The summed E-state index contributed by atoms with van der Waals surface area (Å²) in [5.41, 5.74) is 4.23. The number of unbranched alkanes of at least 4 members (excludes halogenated alkanes) is 1. The van der Waals surface area contributed by atoms with E-state index in [9.17, 15) is 14.7 Å². The van der Waals surface area contributed by atoms with Crippen molar-refractivity contribution in [2.45, 2.75) is 57.5 Å². The first kappa shape index (κ1) is 31.7. The normalized spacial score (nSPS) is 20.0. The number of quaternary nitrogens is 1. The van der Waals surface area contributed by atoms with Gasteiger partial charge in [0, 0.05) is 68.6 Å². The number of amides is 1. The van der Waals surface area contributed by atoms with Crippen LogP contribution >= 0.6 is 0 Å². The van der Waals surface area contributed by atoms with Gasteiger partial charge in [-0.25, -0.2) is 4.98 Å². The van der Waals surface area contributed by atoms with E-state index in [4.69, 9.17) is 4.74 Å². The topological polar surface area (TPSA) is 87.9 Å². The standard InChI is InChI=1S/C35H47N5O4/c1-6-7-17-39(28-10-8-9-25(20-28)24-40(3,4)5)33(41)23-38-22-29(26-11-13-31-27(21-26)15-19-44-31)34(35(42)43)30(38)12-14-32-36-16-18-37(32)2/h8-11,13,16,18,20-21,29-30,34H,6-7,12,14-15,17,19,22-24H2,1-5H3/p+1/t29-,30+,34?/m1/s1. The average molecular weight is 603 g/mol. The van der Waals surface area contributed by atoms with Crippen molar-refractivity contribution in [3.63, 3.8) is 0 Å². The van der Waals surface area contributed by atoms with Crippen LogP contribution < -0.4 is 9.64 Å². The second-order valence-corrected chi connectivity index (χ2v) is 13.4. The molecular formula is C35H48N5O4+. The first-order valence-electron chi connectivity index (χ1n) is 15.9. The van der Waals surface area contributed by atoms with Crippen LogP contribution in [0.3, 0.4) is 0 Å². The zero-order valence-corrected chi connectivity index (χ0v) is 26.9. The molecule has 5 rings (SSSR count). The van der Waals surface area contributed by atoms with E-state index in [2.05, 4.69) is 56.1 Å². The van der Waals surface area contributed by atoms with E-state index in [1.54, 1.807) is 6.20 Å². The summed E-state index contributed by atoms with van der Waals surface area (Å²) in [7, 11) is 8.44. The molecule has 3 aromatic rings. The number of benzene rings is 2. The highest BCUT2D eigenvalue weighted by atomic mass is 16.5. The van der Waals surface area contributed by atoms with Crippen molar-refractivity contribution < 1.29 is 23.9 Å². The number of aromatic nitrogens is 2. The molecular weight excluding hydrogens is 554 g/mol. The van der Waals surface area contributed by atoms with Gasteiger partial charge in [-0.1, -0.05) is 37.6 Å². The number of fused-ring (bicyclic) bond motifs is 1. The Balaban J connectivity index is 1.44. The van der Waals surface area contributed by atoms with Crippen LogP contribution in [0.1, 0.15) is 54.6 Å². The molecule has 44 heavy (non-hydrogen) atoms. The molecule has 2 aliphatic rings. The predicted octanol–water partition coefficient (Wildman–Crippen LogP) is 4.50. The molecule has 236 valence electrons. The molecule has 1 aromatic heterocycles. The zero-order valence-electron chi connectivity index (χ0n) is 26.9. The fraction of sp³-hybridized carbons (Fsp3) is 0.514. The molecule has 9 heteroatoms. The molecule has 1 unspecified atom stereocenters. The maximum atomic E-state index is 14.2. The Morgan fingerprint density at radius 1 is 1.16 bits per heavy atom. The third-order valence-electron chi connectivity index (χ3n) is 9.01. The number of hydrogen-bond acceptors (Lipinski definition) is 5. The van der Waals surface area contributed by atoms with Gasteiger partial charge in [0.1, 0.15) is 18.1 Å². The minimum absolute atomic E-state index is 0.00924. The number of imidazole rings is 1. The Bertz CT molecular complexity index is 1460. The monoisotopic (exact) mass is 602 g/mol. The van der Waals surface area contributed by atoms with Crippen LogP contribution in [0.25, 0.3) is 0 Å². The predicted molar refractivity (Wildman–Crippen MR) is 172 cm³/mol. The number of ether oxygens (including phenoxy) is 1. The number of carbonyl (C=O) groups is 2. The summed E-state index contributed by atoms with van der Waals surface area (Å²) in [6.45, 7) is 4.96. The molecule has 1 fully saturated rings. The summed E-state index contributed by atoms with van der Waals surface area (Å²) >= 11 is 0. The largest absolute Gasteiger partial charge is 0.493 e. The Morgan fingerprint density at radius 2 is 1.98 bits per heavy atom. The van der Waals surface area contributed by atoms with Crippen molar-refractivity contribution in [2.24, 2.45) is 13.0 Å². The molecule has 1 N–H and O–H groups in total. The molecule has 2 aromatic carbocycles. The molecule has 1 saturated heterocycles. The van der Waals surface area contributed by atoms with E-state index in [0.29, 0.717) is 32.5 Å². The smallest absolute Gasteiger partial charge is 0.308 e. The third kappa shape index (κ3) is 7.33. The lowest BCUT2D eigenvalue weighted by atomic mass is 9.83. The molecule has 0 bridgehead atoms. The van der Waals surface area contributed by atoms with Gasteiger partial charge in [0.15, 0.2) is 0 Å². The number of rotatable bonds is 13. The fourth-order valence-corrected chi connectivity index (χ4v) is 6.89. The van der Waals surface area contributed by atoms with Crippen molar-refractivity contribution in [3.05, 3.63) is 77.4 Å². The maximum Gasteiger partial charge on any atom is 0.308 e. The quantitative estimate of drug-likeness (QED) is 0.290. The highest BCUT2D eigenvalue weighted by molar-refractivity contribution is 5.95. The van der Waals surface area contributed by atoms with Crippen LogP contribution in [0.5, 0.6) is 5.75 Å². The zero-order chi connectivity index (χ0) is 31.4. The molecule has 9 nitrogen and oxygen atoms in total. The number of carbonyl (C=O) groups excluding carboxylic acids is 1. The Kier molecular flexibility index (Phi) is 9.75. The van der Waals surface area contributed by atoms with Gasteiger partial charge in [0.2, 0.25) is 5.91 Å². The van der Waals surface area contributed by atoms with Gasteiger partial charge in [-0.05, 0) is 42.2 Å². The highest BCUT2D eigenvalue weighted by Gasteiger charge is 2.47. The van der Waals surface area contributed by atoms with Crippen molar-refractivity contribution in [1.29, 1.82) is 0 Å². The van der Waals surface area contributed by atoms with Crippen molar-refractivity contribution >= 4 is 17.6 Å². The summed E-state index contributed by atoms with van der Waals surface area (Å²) in [5.74, 6) is 0.126. The van der Waals surface area contributed by atoms with Gasteiger partial charge in [0.05, 0.1) is 40.2 Å². The van der Waals surface area contributed by atoms with Crippen molar-refractivity contribution in [1.82, 2.24) is 14.5 Å². The van der Waals surface area contributed by atoms with Gasteiger partial charge in [-0.3, -0.25) is 14.5 Å². The molecule has 0 spiro atoms. The summed E-state index contributed by atoms with van der Waals surface area (Å²) in [5, 5.41) is 10.6. The van der Waals surface area contributed by atoms with Gasteiger partial charge in [-0.15, -0.1) is 0 Å². The van der Waals surface area contributed by atoms with E-state index in [1.807, 2.05) is 47.0 Å². The molecule has 0 radical (unpaired) electrons. The van der Waals surface area contributed by atoms with Crippen LogP contribution in [-0.2, 0) is 36.0 Å². The first-order valence-corrected chi connectivity index (χ1v) is 15.9. The second-order valence-electron chi connectivity index (χ2n) is 13.4. The van der Waals surface area contributed by atoms with Gasteiger partial charge in [0.25, 0.3) is 0 Å². The number of aryl methyl sites for hydroxylation is 2. The summed E-state index contributed by atoms with van der Waals surface area (Å²) in [4.78, 5) is 35.7. The van der Waals surface area contributed by atoms with E-state index in [-0.39, 0.29) is 24.4 Å². The van der Waals surface area contributed by atoms with Crippen LogP contribution in [0.2, 0.25) is 0 Å². The average Bonchev–Trinajstić information content (AvgIpc) is 3.69. The number of likely N-dealkylation sites (tertiary alicyclic amines) is 1.